The van der Waals surface area contributed by atoms with Gasteiger partial charge in [0.05, 0.1) is 25.8 Å². The highest BCUT2D eigenvalue weighted by Crippen LogP contribution is 2.21. The van der Waals surface area contributed by atoms with Crippen molar-refractivity contribution in [1.29, 1.82) is 0 Å². The van der Waals surface area contributed by atoms with Crippen LogP contribution < -0.4 is 5.43 Å². The number of nitrogens with zero attached hydrogens (tertiary/aromatic N) is 1. The number of hydrogen-bond acceptors (Lipinski definition) is 4. The number of rotatable bonds is 4. The van der Waals surface area contributed by atoms with Gasteiger partial charge in [0.25, 0.3) is 0 Å². The van der Waals surface area contributed by atoms with Gasteiger partial charge in [0.2, 0.25) is 5.91 Å². The standard InChI is InChI=1S/C14H17ClN2O3/c1-14(19-7-2-8-20-14)9-13(18)17-16-10-11-3-5-12(15)6-4-11/h3-6,10H,2,7-9H2,1H3,(H,17,18)/b16-10+. The normalized spacial score (nSPS) is 18.1. The van der Waals surface area contributed by atoms with Crippen molar-refractivity contribution in [3.05, 3.63) is 34.9 Å². The molecule has 0 aromatic heterocycles. The second kappa shape index (κ2) is 6.83. The summed E-state index contributed by atoms with van der Waals surface area (Å²) in [7, 11) is 0. The summed E-state index contributed by atoms with van der Waals surface area (Å²) < 4.78 is 10.9. The Labute approximate surface area is 122 Å². The van der Waals surface area contributed by atoms with Gasteiger partial charge in [-0.3, -0.25) is 4.79 Å². The molecule has 1 aliphatic rings. The molecule has 0 atom stereocenters. The molecule has 1 aromatic rings. The Hall–Kier alpha value is -1.43. The molecule has 1 N–H and O–H groups in total. The molecule has 2 rings (SSSR count). The number of amides is 1. The van der Waals surface area contributed by atoms with Crippen molar-refractivity contribution in [3.63, 3.8) is 0 Å². The van der Waals surface area contributed by atoms with Gasteiger partial charge in [0, 0.05) is 5.02 Å². The van der Waals surface area contributed by atoms with Crippen LogP contribution in [0.25, 0.3) is 0 Å². The number of nitrogens with one attached hydrogen (secondary N) is 1. The van der Waals surface area contributed by atoms with E-state index in [1.165, 1.54) is 0 Å². The number of benzene rings is 1. The van der Waals surface area contributed by atoms with E-state index in [2.05, 4.69) is 10.5 Å². The Kier molecular flexibility index (Phi) is 5.11. The highest BCUT2D eigenvalue weighted by atomic mass is 35.5. The molecule has 1 aliphatic heterocycles. The highest BCUT2D eigenvalue weighted by Gasteiger charge is 2.31. The Balaban J connectivity index is 1.81. The SMILES string of the molecule is CC1(CC(=O)N/N=C/c2ccc(Cl)cc2)OCCCO1. The van der Waals surface area contributed by atoms with Gasteiger partial charge < -0.3 is 9.47 Å². The average Bonchev–Trinajstić information content (AvgIpc) is 2.41. The van der Waals surface area contributed by atoms with Crippen molar-refractivity contribution in [2.75, 3.05) is 13.2 Å². The van der Waals surface area contributed by atoms with Gasteiger partial charge in [-0.05, 0) is 31.0 Å². The Morgan fingerprint density at radius 2 is 2.05 bits per heavy atom. The third-order valence-corrected chi connectivity index (χ3v) is 3.11. The maximum absolute atomic E-state index is 11.8. The molecule has 1 heterocycles. The monoisotopic (exact) mass is 296 g/mol. The molecule has 1 fully saturated rings. The van der Waals surface area contributed by atoms with E-state index < -0.39 is 5.79 Å². The fraction of sp³-hybridized carbons (Fsp3) is 0.429. The molecule has 0 spiro atoms. The van der Waals surface area contributed by atoms with E-state index in [0.717, 1.165) is 12.0 Å². The summed E-state index contributed by atoms with van der Waals surface area (Å²) in [6.07, 6.45) is 2.52. The van der Waals surface area contributed by atoms with E-state index in [4.69, 9.17) is 21.1 Å². The minimum absolute atomic E-state index is 0.116. The van der Waals surface area contributed by atoms with E-state index in [1.54, 1.807) is 25.3 Å². The van der Waals surface area contributed by atoms with Crippen LogP contribution in [-0.2, 0) is 14.3 Å². The molecule has 0 radical (unpaired) electrons. The van der Waals surface area contributed by atoms with Crippen LogP contribution in [0.4, 0.5) is 0 Å². The fourth-order valence-electron chi connectivity index (χ4n) is 1.84. The maximum atomic E-state index is 11.8. The van der Waals surface area contributed by atoms with Crippen LogP contribution in [0.5, 0.6) is 0 Å². The van der Waals surface area contributed by atoms with E-state index in [-0.39, 0.29) is 12.3 Å². The minimum Gasteiger partial charge on any atom is -0.350 e. The lowest BCUT2D eigenvalue weighted by atomic mass is 10.2. The second-order valence-corrected chi connectivity index (χ2v) is 5.14. The molecule has 1 aromatic carbocycles. The zero-order valence-electron chi connectivity index (χ0n) is 11.3. The van der Waals surface area contributed by atoms with E-state index in [0.29, 0.717) is 18.2 Å². The third-order valence-electron chi connectivity index (χ3n) is 2.86. The Bertz CT molecular complexity index is 482. The van der Waals surface area contributed by atoms with Gasteiger partial charge in [-0.1, -0.05) is 23.7 Å². The fourth-order valence-corrected chi connectivity index (χ4v) is 1.96. The maximum Gasteiger partial charge on any atom is 0.245 e. The van der Waals surface area contributed by atoms with Crippen LogP contribution in [0, 0.1) is 0 Å². The molecule has 1 saturated heterocycles. The summed E-state index contributed by atoms with van der Waals surface area (Å²) in [5.41, 5.74) is 3.31. The summed E-state index contributed by atoms with van der Waals surface area (Å²) in [5.74, 6) is -1.10. The number of hydrazone groups is 1. The second-order valence-electron chi connectivity index (χ2n) is 4.71. The van der Waals surface area contributed by atoms with E-state index >= 15 is 0 Å². The number of halogens is 1. The van der Waals surface area contributed by atoms with Gasteiger partial charge in [0.1, 0.15) is 0 Å². The first kappa shape index (κ1) is 15.0. The smallest absolute Gasteiger partial charge is 0.245 e. The van der Waals surface area contributed by atoms with Crippen LogP contribution in [-0.4, -0.2) is 31.1 Å². The topological polar surface area (TPSA) is 59.9 Å². The quantitative estimate of drug-likeness (QED) is 0.685. The molecule has 108 valence electrons. The first-order valence-corrected chi connectivity index (χ1v) is 6.81. The van der Waals surface area contributed by atoms with Crippen LogP contribution in [0.15, 0.2) is 29.4 Å². The molecular weight excluding hydrogens is 280 g/mol. The third kappa shape index (κ3) is 4.59. The molecule has 0 bridgehead atoms. The molecular formula is C14H17ClN2O3. The van der Waals surface area contributed by atoms with Crippen molar-refractivity contribution in [3.8, 4) is 0 Å². The van der Waals surface area contributed by atoms with Crippen molar-refractivity contribution in [1.82, 2.24) is 5.43 Å². The first-order chi connectivity index (χ1) is 9.57. The summed E-state index contributed by atoms with van der Waals surface area (Å²) in [4.78, 5) is 11.8. The number of carbonyl (C=O) groups is 1. The van der Waals surface area contributed by atoms with Crippen molar-refractivity contribution in [2.45, 2.75) is 25.6 Å². The molecule has 1 amide bonds. The van der Waals surface area contributed by atoms with Crippen molar-refractivity contribution in [2.24, 2.45) is 5.10 Å². The largest absolute Gasteiger partial charge is 0.350 e. The van der Waals surface area contributed by atoms with E-state index in [9.17, 15) is 4.79 Å². The van der Waals surface area contributed by atoms with Crippen LogP contribution in [0.3, 0.4) is 0 Å². The van der Waals surface area contributed by atoms with Gasteiger partial charge in [-0.2, -0.15) is 5.10 Å². The number of carbonyl (C=O) groups excluding carboxylic acids is 1. The Morgan fingerprint density at radius 3 is 2.70 bits per heavy atom. The van der Waals surface area contributed by atoms with Crippen molar-refractivity contribution >= 4 is 23.7 Å². The van der Waals surface area contributed by atoms with Crippen LogP contribution >= 0.6 is 11.6 Å². The lowest BCUT2D eigenvalue weighted by molar-refractivity contribution is -0.256. The first-order valence-electron chi connectivity index (χ1n) is 6.43. The zero-order valence-corrected chi connectivity index (χ0v) is 12.0. The molecule has 0 aliphatic carbocycles. The molecule has 20 heavy (non-hydrogen) atoms. The Morgan fingerprint density at radius 1 is 1.40 bits per heavy atom. The van der Waals surface area contributed by atoms with Crippen LogP contribution in [0.1, 0.15) is 25.3 Å². The van der Waals surface area contributed by atoms with E-state index in [1.807, 2.05) is 12.1 Å². The summed E-state index contributed by atoms with van der Waals surface area (Å²) in [6, 6.07) is 7.14. The predicted octanol–water partition coefficient (Wildman–Crippen LogP) is 2.33. The number of ether oxygens (including phenoxy) is 2. The molecule has 6 heteroatoms. The summed E-state index contributed by atoms with van der Waals surface area (Å²) >= 11 is 5.78. The zero-order chi connectivity index (χ0) is 14.4. The van der Waals surface area contributed by atoms with Gasteiger partial charge in [0.15, 0.2) is 5.79 Å². The molecule has 0 unspecified atom stereocenters. The highest BCUT2D eigenvalue weighted by molar-refractivity contribution is 6.30. The summed E-state index contributed by atoms with van der Waals surface area (Å²) in [5, 5.41) is 4.55. The summed E-state index contributed by atoms with van der Waals surface area (Å²) in [6.45, 7) is 2.98. The van der Waals surface area contributed by atoms with Crippen molar-refractivity contribution < 1.29 is 14.3 Å². The lowest BCUT2D eigenvalue weighted by Gasteiger charge is -2.33. The average molecular weight is 297 g/mol. The van der Waals surface area contributed by atoms with Gasteiger partial charge in [-0.15, -0.1) is 0 Å². The van der Waals surface area contributed by atoms with Gasteiger partial charge in [-0.25, -0.2) is 5.43 Å². The lowest BCUT2D eigenvalue weighted by Crippen LogP contribution is -2.41. The van der Waals surface area contributed by atoms with Crippen LogP contribution in [0.2, 0.25) is 5.02 Å². The van der Waals surface area contributed by atoms with Gasteiger partial charge >= 0.3 is 0 Å². The number of hydrogen-bond donors (Lipinski definition) is 1. The molecule has 0 saturated carbocycles. The minimum atomic E-state index is -0.849. The predicted molar refractivity (Wildman–Crippen MR) is 76.7 cm³/mol. The molecule has 5 nitrogen and oxygen atoms in total.